The van der Waals surface area contributed by atoms with Crippen LogP contribution in [0.25, 0.3) is 0 Å². The largest absolute Gasteiger partial charge is 0.454 e. The molecule has 0 radical (unpaired) electrons. The number of nitrogen functional groups attached to an aromatic ring is 2. The first-order chi connectivity index (χ1) is 16.0. The maximum absolute atomic E-state index is 15.0. The Morgan fingerprint density at radius 2 is 0.943 bits per heavy atom. The molecule has 0 aromatic heterocycles. The van der Waals surface area contributed by atoms with Gasteiger partial charge in [0, 0.05) is 23.5 Å². The summed E-state index contributed by atoms with van der Waals surface area (Å²) in [6.07, 6.45) is -14.8. The Balaban J connectivity index is 2.02. The molecule has 0 bridgehead atoms. The molecule has 0 atom stereocenters. The number of hydrogen-bond donors (Lipinski definition) is 2. The van der Waals surface area contributed by atoms with Gasteiger partial charge in [-0.3, -0.25) is 0 Å². The van der Waals surface area contributed by atoms with Gasteiger partial charge in [-0.15, -0.1) is 0 Å². The molecule has 35 heavy (non-hydrogen) atoms. The first-order valence-electron chi connectivity index (χ1n) is 9.17. The van der Waals surface area contributed by atoms with Gasteiger partial charge < -0.3 is 20.9 Å². The molecule has 0 aliphatic heterocycles. The van der Waals surface area contributed by atoms with Gasteiger partial charge in [0.2, 0.25) is 5.82 Å². The molecular formula is C21H12F10N2O2. The van der Waals surface area contributed by atoms with E-state index in [2.05, 4.69) is 0 Å². The van der Waals surface area contributed by atoms with Crippen LogP contribution in [0.1, 0.15) is 16.7 Å². The lowest BCUT2D eigenvalue weighted by Gasteiger charge is -2.18. The minimum absolute atomic E-state index is 0.356. The van der Waals surface area contributed by atoms with Crippen LogP contribution in [0, 0.1) is 5.82 Å². The summed E-state index contributed by atoms with van der Waals surface area (Å²) in [5, 5.41) is 0. The minimum atomic E-state index is -5.16. The first-order valence-corrected chi connectivity index (χ1v) is 9.17. The highest BCUT2D eigenvalue weighted by Gasteiger charge is 2.38. The number of hydrogen-bond acceptors (Lipinski definition) is 4. The van der Waals surface area contributed by atoms with Crippen LogP contribution >= 0.6 is 0 Å². The average molecular weight is 514 g/mol. The molecule has 0 saturated heterocycles. The molecule has 0 fully saturated rings. The summed E-state index contributed by atoms with van der Waals surface area (Å²) < 4.78 is 142. The summed E-state index contributed by atoms with van der Waals surface area (Å²) in [4.78, 5) is 0. The van der Waals surface area contributed by atoms with Gasteiger partial charge in [-0.25, -0.2) is 0 Å². The SMILES string of the molecule is Nc1cc(Oc2ccc(C(F)(F)F)c(Oc3ccc(C(F)(F)F)c(N)c3)c2F)ccc1C(F)(F)F. The zero-order valence-electron chi connectivity index (χ0n) is 16.9. The molecule has 14 heteroatoms. The van der Waals surface area contributed by atoms with Crippen LogP contribution in [-0.4, -0.2) is 0 Å². The topological polar surface area (TPSA) is 70.5 Å². The van der Waals surface area contributed by atoms with Crippen molar-refractivity contribution in [2.45, 2.75) is 18.5 Å². The van der Waals surface area contributed by atoms with Crippen LogP contribution in [0.5, 0.6) is 23.0 Å². The smallest absolute Gasteiger partial charge is 0.420 e. The summed E-state index contributed by atoms with van der Waals surface area (Å²) in [7, 11) is 0. The number of benzene rings is 3. The highest BCUT2D eigenvalue weighted by molar-refractivity contribution is 5.56. The Bertz CT molecular complexity index is 1250. The molecule has 0 amide bonds. The molecule has 188 valence electrons. The van der Waals surface area contributed by atoms with Crippen molar-refractivity contribution in [3.05, 3.63) is 71.0 Å². The van der Waals surface area contributed by atoms with Crippen LogP contribution < -0.4 is 20.9 Å². The number of rotatable bonds is 4. The van der Waals surface area contributed by atoms with Crippen LogP contribution in [-0.2, 0) is 18.5 Å². The van der Waals surface area contributed by atoms with E-state index < -0.39 is 75.4 Å². The number of anilines is 2. The van der Waals surface area contributed by atoms with Gasteiger partial charge in [0.25, 0.3) is 0 Å². The van der Waals surface area contributed by atoms with Gasteiger partial charge >= 0.3 is 18.5 Å². The predicted octanol–water partition coefficient (Wildman–Crippen LogP) is 7.63. The van der Waals surface area contributed by atoms with E-state index in [-0.39, 0.29) is 0 Å². The molecule has 0 saturated carbocycles. The number of alkyl halides is 9. The fourth-order valence-corrected chi connectivity index (χ4v) is 2.91. The van der Waals surface area contributed by atoms with Gasteiger partial charge in [-0.05, 0) is 36.4 Å². The van der Waals surface area contributed by atoms with Crippen molar-refractivity contribution in [2.24, 2.45) is 0 Å². The van der Waals surface area contributed by atoms with E-state index in [9.17, 15) is 39.5 Å². The average Bonchev–Trinajstić information content (AvgIpc) is 2.68. The van der Waals surface area contributed by atoms with E-state index >= 15 is 4.39 Å². The van der Waals surface area contributed by atoms with Crippen molar-refractivity contribution in [2.75, 3.05) is 11.5 Å². The lowest BCUT2D eigenvalue weighted by Crippen LogP contribution is -2.10. The molecule has 0 heterocycles. The zero-order valence-corrected chi connectivity index (χ0v) is 16.9. The van der Waals surface area contributed by atoms with Crippen molar-refractivity contribution in [3.8, 4) is 23.0 Å². The first kappa shape index (κ1) is 25.8. The van der Waals surface area contributed by atoms with Gasteiger partial charge in [0.15, 0.2) is 11.5 Å². The zero-order chi connectivity index (χ0) is 26.3. The molecule has 4 nitrogen and oxygen atoms in total. The summed E-state index contributed by atoms with van der Waals surface area (Å²) in [5.74, 6) is -5.20. The van der Waals surface area contributed by atoms with Gasteiger partial charge in [-0.2, -0.15) is 43.9 Å². The number of ether oxygens (including phenoxy) is 2. The maximum Gasteiger partial charge on any atom is 0.420 e. The second-order valence-corrected chi connectivity index (χ2v) is 6.95. The maximum atomic E-state index is 15.0. The lowest BCUT2D eigenvalue weighted by atomic mass is 10.1. The van der Waals surface area contributed by atoms with Crippen molar-refractivity contribution in [3.63, 3.8) is 0 Å². The highest BCUT2D eigenvalue weighted by Crippen LogP contribution is 2.45. The molecule has 3 aromatic rings. The summed E-state index contributed by atoms with van der Waals surface area (Å²) >= 11 is 0. The lowest BCUT2D eigenvalue weighted by molar-refractivity contribution is -0.139. The van der Waals surface area contributed by atoms with E-state index in [0.717, 1.165) is 6.07 Å². The van der Waals surface area contributed by atoms with Gasteiger partial charge in [0.1, 0.15) is 17.1 Å². The second-order valence-electron chi connectivity index (χ2n) is 6.95. The van der Waals surface area contributed by atoms with Gasteiger partial charge in [-0.1, -0.05) is 0 Å². The van der Waals surface area contributed by atoms with E-state index in [1.54, 1.807) is 0 Å². The van der Waals surface area contributed by atoms with Crippen LogP contribution in [0.4, 0.5) is 55.3 Å². The standard InChI is InChI=1S/C21H12F10N2O2/c22-17-16(34-9-1-3-11(14(32)7-9)19(23,24)25)6-5-13(21(29,30)31)18(17)35-10-2-4-12(15(33)8-10)20(26,27)28/h1-8H,32-33H2. The highest BCUT2D eigenvalue weighted by atomic mass is 19.4. The Hall–Kier alpha value is -3.84. The Labute approximate surface area is 189 Å². The molecule has 0 aliphatic rings. The fraction of sp³-hybridized carbons (Fsp3) is 0.143. The molecule has 0 unspecified atom stereocenters. The van der Waals surface area contributed by atoms with Crippen LogP contribution in [0.2, 0.25) is 0 Å². The predicted molar refractivity (Wildman–Crippen MR) is 103 cm³/mol. The number of nitrogens with two attached hydrogens (primary N) is 2. The molecule has 3 aromatic carbocycles. The summed E-state index contributed by atoms with van der Waals surface area (Å²) in [5.41, 5.74) is 4.75. The van der Waals surface area contributed by atoms with E-state index in [1.165, 1.54) is 0 Å². The van der Waals surface area contributed by atoms with E-state index in [4.69, 9.17) is 20.9 Å². The van der Waals surface area contributed by atoms with Gasteiger partial charge in [0.05, 0.1) is 11.1 Å². The second kappa shape index (κ2) is 8.74. The Morgan fingerprint density at radius 3 is 1.34 bits per heavy atom. The van der Waals surface area contributed by atoms with Crippen molar-refractivity contribution < 1.29 is 53.4 Å². The van der Waals surface area contributed by atoms with E-state index in [0.29, 0.717) is 42.5 Å². The van der Waals surface area contributed by atoms with Crippen molar-refractivity contribution in [1.82, 2.24) is 0 Å². The van der Waals surface area contributed by atoms with Crippen LogP contribution in [0.3, 0.4) is 0 Å². The van der Waals surface area contributed by atoms with E-state index in [1.807, 2.05) is 0 Å². The monoisotopic (exact) mass is 514 g/mol. The fourth-order valence-electron chi connectivity index (χ4n) is 2.91. The molecule has 4 N–H and O–H groups in total. The van der Waals surface area contributed by atoms with Crippen molar-refractivity contribution >= 4 is 11.4 Å². The Kier molecular flexibility index (Phi) is 6.44. The third kappa shape index (κ3) is 5.63. The third-order valence-electron chi connectivity index (χ3n) is 4.47. The molecule has 0 aliphatic carbocycles. The third-order valence-corrected chi connectivity index (χ3v) is 4.47. The number of halogens is 10. The summed E-state index contributed by atoms with van der Waals surface area (Å²) in [6, 6.07) is 4.46. The molecular weight excluding hydrogens is 502 g/mol. The van der Waals surface area contributed by atoms with Crippen molar-refractivity contribution in [1.29, 1.82) is 0 Å². The minimum Gasteiger partial charge on any atom is -0.454 e. The van der Waals surface area contributed by atoms with Crippen LogP contribution in [0.15, 0.2) is 48.5 Å². The molecule has 0 spiro atoms. The quantitative estimate of drug-likeness (QED) is 0.278. The Morgan fingerprint density at radius 1 is 0.543 bits per heavy atom. The molecule has 3 rings (SSSR count). The normalized spacial score (nSPS) is 12.5. The summed E-state index contributed by atoms with van der Waals surface area (Å²) in [6.45, 7) is 0.